The molecule has 3 aliphatic rings. The van der Waals surface area contributed by atoms with Gasteiger partial charge in [0.2, 0.25) is 0 Å². The molecule has 2 atom stereocenters. The molecule has 4 aromatic rings. The van der Waals surface area contributed by atoms with Crippen LogP contribution in [0.3, 0.4) is 0 Å². The van der Waals surface area contributed by atoms with E-state index in [1.165, 1.54) is 56.6 Å². The molecule has 1 fully saturated rings. The maximum absolute atomic E-state index is 3.05. The molecule has 0 spiro atoms. The van der Waals surface area contributed by atoms with Crippen LogP contribution in [0.5, 0.6) is 0 Å². The second kappa shape index (κ2) is 9.99. The van der Waals surface area contributed by atoms with Crippen molar-refractivity contribution in [3.63, 3.8) is 0 Å². The van der Waals surface area contributed by atoms with Crippen molar-refractivity contribution in [3.8, 4) is 22.3 Å². The molecule has 212 valence electrons. The molecule has 0 N–H and O–H groups in total. The number of hydrogen-bond donors (Lipinski definition) is 0. The molecule has 1 saturated heterocycles. The third-order valence-corrected chi connectivity index (χ3v) is 34.2. The number of fused-ring (bicyclic) bond motifs is 6. The first-order valence-electron chi connectivity index (χ1n) is 16.0. The summed E-state index contributed by atoms with van der Waals surface area (Å²) in [5.41, 5.74) is 17.8. The van der Waals surface area contributed by atoms with Crippen LogP contribution in [0.2, 0.25) is 21.4 Å². The summed E-state index contributed by atoms with van der Waals surface area (Å²) in [5.74, 6) is 0. The van der Waals surface area contributed by atoms with E-state index in [9.17, 15) is 0 Å². The fraction of sp³-hybridized carbons (Fsp3) is 0.300. The fourth-order valence-corrected chi connectivity index (χ4v) is 41.4. The van der Waals surface area contributed by atoms with Gasteiger partial charge in [0.15, 0.2) is 0 Å². The Bertz CT molecular complexity index is 1660. The standard InChI is InChI=1S/C38H38Si.2CH3.Hf/c1-7-39(8-2,31-21-29-17-11-19-33(35(29)23-31)37-25(3)13-9-14-26(37)4)32-22-30-18-12-20-34(36(30)24-32)38-27(5)15-10-16-28(38)6;;;/h9-24H,7-8H2,1-6H3;2*1H3;. The predicted octanol–water partition coefficient (Wildman–Crippen LogP) is 11.7. The Labute approximate surface area is 258 Å². The maximum atomic E-state index is 2.80. The first kappa shape index (κ1) is 28.2. The molecule has 0 radical (unpaired) electrons. The third kappa shape index (κ3) is 3.73. The predicted molar refractivity (Wildman–Crippen MR) is 183 cm³/mol. The normalized spacial score (nSPS) is 20.8. The van der Waals surface area contributed by atoms with Crippen LogP contribution in [-0.4, -0.2) is 8.07 Å². The minimum atomic E-state index is -3.05. The van der Waals surface area contributed by atoms with Crippen molar-refractivity contribution in [2.45, 2.75) is 70.3 Å². The van der Waals surface area contributed by atoms with Gasteiger partial charge in [-0.25, -0.2) is 0 Å². The molecular formula is C40H44HfSi. The van der Waals surface area contributed by atoms with Crippen molar-refractivity contribution in [1.29, 1.82) is 0 Å². The van der Waals surface area contributed by atoms with Crippen molar-refractivity contribution < 1.29 is 20.0 Å². The fourth-order valence-electron chi connectivity index (χ4n) is 9.55. The van der Waals surface area contributed by atoms with Gasteiger partial charge in [0.05, 0.1) is 0 Å². The van der Waals surface area contributed by atoms with E-state index < -0.39 is 28.0 Å². The summed E-state index contributed by atoms with van der Waals surface area (Å²) in [7, 11) is -1.90. The van der Waals surface area contributed by atoms with E-state index in [1.54, 1.807) is 22.3 Å². The van der Waals surface area contributed by atoms with Crippen LogP contribution < -0.4 is 0 Å². The van der Waals surface area contributed by atoms with E-state index >= 15 is 0 Å². The van der Waals surface area contributed by atoms with Gasteiger partial charge >= 0.3 is 260 Å². The summed E-state index contributed by atoms with van der Waals surface area (Å²) >= 11 is -3.05. The van der Waals surface area contributed by atoms with Crippen LogP contribution >= 0.6 is 0 Å². The van der Waals surface area contributed by atoms with Crippen molar-refractivity contribution in [2.24, 2.45) is 0 Å². The van der Waals surface area contributed by atoms with Crippen molar-refractivity contribution >= 4 is 20.2 Å². The van der Waals surface area contributed by atoms with Crippen LogP contribution in [0, 0.1) is 27.7 Å². The Morgan fingerprint density at radius 3 is 1.26 bits per heavy atom. The number of rotatable bonds is 4. The second-order valence-corrected chi connectivity index (χ2v) is 35.8. The molecule has 2 aliphatic carbocycles. The summed E-state index contributed by atoms with van der Waals surface area (Å²) < 4.78 is 6.96. The van der Waals surface area contributed by atoms with Gasteiger partial charge in [-0.1, -0.05) is 0 Å². The molecule has 42 heavy (non-hydrogen) atoms. The molecule has 7 rings (SSSR count). The zero-order valence-corrected chi connectivity index (χ0v) is 31.2. The third-order valence-electron chi connectivity index (χ3n) is 11.4. The first-order valence-corrected chi connectivity index (χ1v) is 29.7. The topological polar surface area (TPSA) is 0 Å². The average Bonchev–Trinajstić information content (AvgIpc) is 3.56. The summed E-state index contributed by atoms with van der Waals surface area (Å²) in [6.07, 6.45) is 5.52. The van der Waals surface area contributed by atoms with Crippen LogP contribution in [0.25, 0.3) is 34.4 Å². The molecule has 2 unspecified atom stereocenters. The van der Waals surface area contributed by atoms with E-state index in [4.69, 9.17) is 0 Å². The number of benzene rings is 4. The van der Waals surface area contributed by atoms with E-state index in [0.717, 1.165) is 0 Å². The number of aryl methyl sites for hydroxylation is 4. The molecule has 4 aromatic carbocycles. The molecule has 0 bridgehead atoms. The van der Waals surface area contributed by atoms with Crippen molar-refractivity contribution in [2.75, 3.05) is 0 Å². The summed E-state index contributed by atoms with van der Waals surface area (Å²) in [6, 6.07) is 30.8. The zero-order chi connectivity index (χ0) is 29.6. The SMILES string of the molecule is CC[Si]1(CC)C2=Cc3c(-c4c(C)cccc4C)cccc3[CH]2[Hf]([CH3])([CH3])[CH]2C1=Cc1c(-c3c(C)cccc3C)cccc12. The summed E-state index contributed by atoms with van der Waals surface area (Å²) in [6.45, 7) is 14.2. The van der Waals surface area contributed by atoms with Gasteiger partial charge in [0.25, 0.3) is 0 Å². The average molecular weight is 731 g/mol. The van der Waals surface area contributed by atoms with E-state index in [2.05, 4.69) is 136 Å². The Balaban J connectivity index is 1.49. The molecule has 0 aromatic heterocycles. The number of hydrogen-bond acceptors (Lipinski definition) is 0. The van der Waals surface area contributed by atoms with Crippen LogP contribution in [-0.2, 0) is 20.0 Å². The summed E-state index contributed by atoms with van der Waals surface area (Å²) in [5, 5.41) is 3.77. The van der Waals surface area contributed by atoms with Crippen LogP contribution in [0.4, 0.5) is 0 Å². The summed E-state index contributed by atoms with van der Waals surface area (Å²) in [4.78, 5) is 0. The Hall–Kier alpha value is -2.55. The van der Waals surface area contributed by atoms with Gasteiger partial charge in [-0.15, -0.1) is 0 Å². The van der Waals surface area contributed by atoms with Gasteiger partial charge in [0.1, 0.15) is 0 Å². The van der Waals surface area contributed by atoms with E-state index in [0.29, 0.717) is 7.35 Å². The molecular weight excluding hydrogens is 687 g/mol. The molecule has 2 heteroatoms. The van der Waals surface area contributed by atoms with Gasteiger partial charge in [-0.2, -0.15) is 0 Å². The van der Waals surface area contributed by atoms with Crippen LogP contribution in [0.1, 0.15) is 65.7 Å². The first-order chi connectivity index (χ1) is 20.2. The monoisotopic (exact) mass is 732 g/mol. The second-order valence-electron chi connectivity index (χ2n) is 13.8. The van der Waals surface area contributed by atoms with Crippen molar-refractivity contribution in [1.82, 2.24) is 0 Å². The zero-order valence-electron chi connectivity index (χ0n) is 26.7. The molecule has 1 heterocycles. The Morgan fingerprint density at radius 1 is 0.548 bits per heavy atom. The molecule has 0 saturated carbocycles. The number of allylic oxidation sites excluding steroid dienone is 2. The van der Waals surface area contributed by atoms with E-state index in [1.807, 2.05) is 10.4 Å². The minimum absolute atomic E-state index is 0.681. The van der Waals surface area contributed by atoms with Gasteiger partial charge in [0, 0.05) is 0 Å². The van der Waals surface area contributed by atoms with Crippen LogP contribution in [0.15, 0.2) is 83.2 Å². The molecule has 0 amide bonds. The molecule has 0 nitrogen and oxygen atoms in total. The Kier molecular flexibility index (Phi) is 6.72. The van der Waals surface area contributed by atoms with E-state index in [-0.39, 0.29) is 0 Å². The van der Waals surface area contributed by atoms with Crippen molar-refractivity contribution in [3.05, 3.63) is 128 Å². The van der Waals surface area contributed by atoms with Gasteiger partial charge < -0.3 is 0 Å². The molecule has 1 aliphatic heterocycles. The van der Waals surface area contributed by atoms with Gasteiger partial charge in [-0.05, 0) is 0 Å². The Morgan fingerprint density at radius 2 is 0.905 bits per heavy atom. The quantitative estimate of drug-likeness (QED) is 0.183. The van der Waals surface area contributed by atoms with Gasteiger partial charge in [-0.3, -0.25) is 0 Å².